The van der Waals surface area contributed by atoms with Crippen LogP contribution in [0.1, 0.15) is 42.6 Å². The molecule has 0 radical (unpaired) electrons. The van der Waals surface area contributed by atoms with Crippen molar-refractivity contribution in [2.75, 3.05) is 12.4 Å². The molecule has 1 fully saturated rings. The molecule has 27 heavy (non-hydrogen) atoms. The number of methoxy groups -OCH3 is 1. The van der Waals surface area contributed by atoms with E-state index >= 15 is 0 Å². The largest absolute Gasteiger partial charge is 0.381 e. The number of hydrogen-bond donors (Lipinski definition) is 1. The molecule has 0 aliphatic heterocycles. The minimum atomic E-state index is 0.399. The summed E-state index contributed by atoms with van der Waals surface area (Å²) in [6.45, 7) is 0. The van der Waals surface area contributed by atoms with E-state index in [0.29, 0.717) is 12.1 Å². The normalized spacial score (nSPS) is 21.9. The van der Waals surface area contributed by atoms with Crippen LogP contribution in [0.15, 0.2) is 36.8 Å². The summed E-state index contributed by atoms with van der Waals surface area (Å²) in [5.74, 6) is 0.725. The number of nitrogens with zero attached hydrogens (tertiary/aromatic N) is 5. The maximum Gasteiger partial charge on any atom is 0.223 e. The van der Waals surface area contributed by atoms with E-state index in [4.69, 9.17) is 14.7 Å². The minimum Gasteiger partial charge on any atom is -0.381 e. The zero-order valence-electron chi connectivity index (χ0n) is 15.3. The van der Waals surface area contributed by atoms with Gasteiger partial charge in [0.2, 0.25) is 5.95 Å². The van der Waals surface area contributed by atoms with Crippen LogP contribution in [0.3, 0.4) is 0 Å². The fraction of sp³-hybridized carbons (Fsp3) is 0.400. The third-order valence-corrected chi connectivity index (χ3v) is 5.53. The number of rotatable bonds is 4. The van der Waals surface area contributed by atoms with Crippen molar-refractivity contribution in [2.24, 2.45) is 0 Å². The zero-order valence-corrected chi connectivity index (χ0v) is 15.3. The molecule has 7 nitrogen and oxygen atoms in total. The van der Waals surface area contributed by atoms with Gasteiger partial charge in [0.1, 0.15) is 0 Å². The molecule has 1 saturated carbocycles. The van der Waals surface area contributed by atoms with Gasteiger partial charge in [-0.2, -0.15) is 5.10 Å². The molecular weight excluding hydrogens is 340 g/mol. The number of aromatic nitrogens is 5. The van der Waals surface area contributed by atoms with Crippen LogP contribution in [0.2, 0.25) is 0 Å². The molecule has 138 valence electrons. The highest BCUT2D eigenvalue weighted by Crippen LogP contribution is 2.31. The Balaban J connectivity index is 1.34. The van der Waals surface area contributed by atoms with Crippen molar-refractivity contribution in [3.63, 3.8) is 0 Å². The molecular formula is C20H22N6O. The van der Waals surface area contributed by atoms with Gasteiger partial charge >= 0.3 is 0 Å². The van der Waals surface area contributed by atoms with Crippen LogP contribution >= 0.6 is 0 Å². The third-order valence-electron chi connectivity index (χ3n) is 5.53. The van der Waals surface area contributed by atoms with Crippen molar-refractivity contribution in [1.29, 1.82) is 0 Å². The van der Waals surface area contributed by atoms with Gasteiger partial charge in [0.15, 0.2) is 5.65 Å². The predicted octanol–water partition coefficient (Wildman–Crippen LogP) is 2.88. The molecule has 2 aliphatic carbocycles. The summed E-state index contributed by atoms with van der Waals surface area (Å²) in [5, 5.41) is 7.70. The number of hydrogen-bond acceptors (Lipinski definition) is 6. The molecule has 0 saturated heterocycles. The van der Waals surface area contributed by atoms with Gasteiger partial charge in [-0.05, 0) is 31.7 Å². The Morgan fingerprint density at radius 2 is 2.04 bits per heavy atom. The summed E-state index contributed by atoms with van der Waals surface area (Å²) < 4.78 is 7.21. The second-order valence-electron chi connectivity index (χ2n) is 7.18. The maximum absolute atomic E-state index is 5.45. The summed E-state index contributed by atoms with van der Waals surface area (Å²) in [7, 11) is 1.80. The van der Waals surface area contributed by atoms with Gasteiger partial charge in [0, 0.05) is 49.2 Å². The summed E-state index contributed by atoms with van der Waals surface area (Å²) in [6, 6.07) is 4.32. The average Bonchev–Trinajstić information content (AvgIpc) is 3.34. The lowest BCUT2D eigenvalue weighted by Gasteiger charge is -2.28. The fourth-order valence-corrected chi connectivity index (χ4v) is 4.01. The van der Waals surface area contributed by atoms with E-state index < -0.39 is 0 Å². The van der Waals surface area contributed by atoms with Gasteiger partial charge in [-0.25, -0.2) is 19.5 Å². The quantitative estimate of drug-likeness (QED) is 0.769. The molecule has 3 aromatic heterocycles. The Labute approximate surface area is 157 Å². The highest BCUT2D eigenvalue weighted by atomic mass is 16.5. The number of allylic oxidation sites excluding steroid dienone is 1. The third kappa shape index (κ3) is 3.08. The molecule has 0 amide bonds. The molecule has 0 spiro atoms. The number of nitrogens with one attached hydrogen (secondary N) is 1. The topological polar surface area (TPSA) is 77.2 Å². The van der Waals surface area contributed by atoms with E-state index in [-0.39, 0.29) is 0 Å². The minimum absolute atomic E-state index is 0.399. The Kier molecular flexibility index (Phi) is 4.09. The molecule has 7 heteroatoms. The number of fused-ring (bicyclic) bond motifs is 2. The van der Waals surface area contributed by atoms with Gasteiger partial charge in [-0.15, -0.1) is 0 Å². The van der Waals surface area contributed by atoms with Gasteiger partial charge < -0.3 is 10.1 Å². The highest BCUT2D eigenvalue weighted by Gasteiger charge is 2.23. The lowest BCUT2D eigenvalue weighted by Crippen LogP contribution is -2.30. The lowest BCUT2D eigenvalue weighted by atomic mass is 9.93. The smallest absolute Gasteiger partial charge is 0.223 e. The molecule has 2 aliphatic rings. The Morgan fingerprint density at radius 1 is 1.15 bits per heavy atom. The molecule has 0 atom stereocenters. The van der Waals surface area contributed by atoms with Gasteiger partial charge in [-0.3, -0.25) is 0 Å². The molecule has 0 aromatic carbocycles. The van der Waals surface area contributed by atoms with Crippen LogP contribution in [0.5, 0.6) is 0 Å². The second-order valence-corrected chi connectivity index (χ2v) is 7.18. The van der Waals surface area contributed by atoms with E-state index in [0.717, 1.165) is 66.2 Å². The Morgan fingerprint density at radius 3 is 2.89 bits per heavy atom. The van der Waals surface area contributed by atoms with Crippen LogP contribution < -0.4 is 5.32 Å². The molecule has 1 N–H and O–H groups in total. The Hall–Kier alpha value is -2.80. The van der Waals surface area contributed by atoms with E-state index in [1.165, 1.54) is 0 Å². The fourth-order valence-electron chi connectivity index (χ4n) is 4.01. The average molecular weight is 362 g/mol. The van der Waals surface area contributed by atoms with Crippen LogP contribution in [0.25, 0.3) is 11.2 Å². The van der Waals surface area contributed by atoms with Gasteiger partial charge in [0.05, 0.1) is 23.7 Å². The Bertz CT molecular complexity index is 1000. The highest BCUT2D eigenvalue weighted by molar-refractivity contribution is 5.82. The molecule has 3 heterocycles. The first-order valence-electron chi connectivity index (χ1n) is 9.47. The lowest BCUT2D eigenvalue weighted by molar-refractivity contribution is 0.0681. The van der Waals surface area contributed by atoms with Crippen molar-refractivity contribution >= 4 is 17.2 Å². The van der Waals surface area contributed by atoms with Crippen molar-refractivity contribution in [3.8, 4) is 0 Å². The number of anilines is 1. The summed E-state index contributed by atoms with van der Waals surface area (Å²) in [4.78, 5) is 14.0. The molecule has 5 rings (SSSR count). The SMILES string of the molecule is COC1CCC(Nc2ncc3c(n2)CC=C3c2ccn3nccc3n2)CC1. The van der Waals surface area contributed by atoms with Gasteiger partial charge in [-0.1, -0.05) is 6.08 Å². The maximum atomic E-state index is 5.45. The second kappa shape index (κ2) is 6.74. The van der Waals surface area contributed by atoms with Crippen LogP contribution in [-0.2, 0) is 11.2 Å². The molecule has 0 unspecified atom stereocenters. The van der Waals surface area contributed by atoms with Crippen LogP contribution in [0, 0.1) is 0 Å². The van der Waals surface area contributed by atoms with Gasteiger partial charge in [0.25, 0.3) is 0 Å². The molecule has 3 aromatic rings. The van der Waals surface area contributed by atoms with Crippen molar-refractivity contribution < 1.29 is 4.74 Å². The first-order valence-corrected chi connectivity index (χ1v) is 9.47. The van der Waals surface area contributed by atoms with E-state index in [1.54, 1.807) is 17.8 Å². The van der Waals surface area contributed by atoms with E-state index in [2.05, 4.69) is 21.5 Å². The zero-order chi connectivity index (χ0) is 18.2. The summed E-state index contributed by atoms with van der Waals surface area (Å²) in [5.41, 5.74) is 5.00. The van der Waals surface area contributed by atoms with Crippen molar-refractivity contribution in [1.82, 2.24) is 24.6 Å². The predicted molar refractivity (Wildman–Crippen MR) is 102 cm³/mol. The van der Waals surface area contributed by atoms with Crippen LogP contribution in [-0.4, -0.2) is 43.8 Å². The summed E-state index contributed by atoms with van der Waals surface area (Å²) in [6.07, 6.45) is 13.4. The van der Waals surface area contributed by atoms with E-state index in [1.807, 2.05) is 24.5 Å². The van der Waals surface area contributed by atoms with Crippen molar-refractivity contribution in [2.45, 2.75) is 44.2 Å². The summed E-state index contributed by atoms with van der Waals surface area (Å²) >= 11 is 0. The van der Waals surface area contributed by atoms with Crippen LogP contribution in [0.4, 0.5) is 5.95 Å². The number of ether oxygens (including phenoxy) is 1. The monoisotopic (exact) mass is 362 g/mol. The van der Waals surface area contributed by atoms with Crippen molar-refractivity contribution in [3.05, 3.63) is 53.8 Å². The van der Waals surface area contributed by atoms with E-state index in [9.17, 15) is 0 Å². The first kappa shape index (κ1) is 16.4. The standard InChI is InChI=1S/C20H22N6O/c1-27-14-4-2-13(3-5-14)23-20-21-12-16-15(6-7-17(16)25-20)18-9-11-26-19(24-18)8-10-22-26/h6,8-14H,2-5,7H2,1H3,(H,21,23,25). The molecule has 0 bridgehead atoms. The first-order chi connectivity index (χ1) is 13.3.